The summed E-state index contributed by atoms with van der Waals surface area (Å²) >= 11 is 0. The number of rotatable bonds is 3. The van der Waals surface area contributed by atoms with Crippen LogP contribution in [0.25, 0.3) is 10.9 Å². The third-order valence-corrected chi connectivity index (χ3v) is 2.66. The van der Waals surface area contributed by atoms with Gasteiger partial charge in [0, 0.05) is 11.1 Å². The fraction of sp³-hybridized carbons (Fsp3) is 0.231. The quantitative estimate of drug-likeness (QED) is 0.879. The van der Waals surface area contributed by atoms with E-state index in [1.54, 1.807) is 7.11 Å². The molecular formula is C13H13NO3. The Bertz CT molecular complexity index is 578. The van der Waals surface area contributed by atoms with Gasteiger partial charge < -0.3 is 9.84 Å². The van der Waals surface area contributed by atoms with Crippen molar-refractivity contribution in [1.82, 2.24) is 4.98 Å². The number of carbonyl (C=O) groups is 1. The Morgan fingerprint density at radius 2 is 2.18 bits per heavy atom. The predicted molar refractivity (Wildman–Crippen MR) is 64.4 cm³/mol. The molecule has 0 atom stereocenters. The molecule has 1 aromatic carbocycles. The largest absolute Gasteiger partial charge is 0.497 e. The second kappa shape index (κ2) is 4.41. The van der Waals surface area contributed by atoms with Crippen LogP contribution in [-0.2, 0) is 11.2 Å². The van der Waals surface area contributed by atoms with Crippen LogP contribution in [0.1, 0.15) is 11.3 Å². The summed E-state index contributed by atoms with van der Waals surface area (Å²) < 4.78 is 5.13. The van der Waals surface area contributed by atoms with Crippen LogP contribution >= 0.6 is 0 Å². The number of carboxylic acid groups (broad SMARTS) is 1. The number of aryl methyl sites for hydroxylation is 1. The molecule has 1 aromatic heterocycles. The van der Waals surface area contributed by atoms with Crippen LogP contribution in [0.3, 0.4) is 0 Å². The van der Waals surface area contributed by atoms with Gasteiger partial charge in [-0.1, -0.05) is 0 Å². The molecule has 2 rings (SSSR count). The first-order valence-corrected chi connectivity index (χ1v) is 5.26. The lowest BCUT2D eigenvalue weighted by atomic mass is 10.1. The van der Waals surface area contributed by atoms with Gasteiger partial charge in [0.1, 0.15) is 5.75 Å². The molecule has 0 aliphatic heterocycles. The molecule has 0 aliphatic rings. The van der Waals surface area contributed by atoms with Crippen molar-refractivity contribution in [2.24, 2.45) is 0 Å². The van der Waals surface area contributed by atoms with E-state index in [-0.39, 0.29) is 6.42 Å². The smallest absolute Gasteiger partial charge is 0.307 e. The molecule has 0 amide bonds. The van der Waals surface area contributed by atoms with Crippen LogP contribution in [0, 0.1) is 6.92 Å². The number of ether oxygens (including phenoxy) is 1. The zero-order valence-corrected chi connectivity index (χ0v) is 9.73. The molecule has 0 unspecified atom stereocenters. The number of hydrogen-bond acceptors (Lipinski definition) is 3. The van der Waals surface area contributed by atoms with Crippen molar-refractivity contribution >= 4 is 16.9 Å². The van der Waals surface area contributed by atoms with E-state index in [9.17, 15) is 4.79 Å². The number of carboxylic acids is 1. The van der Waals surface area contributed by atoms with E-state index < -0.39 is 5.97 Å². The predicted octanol–water partition coefficient (Wildman–Crippen LogP) is 2.18. The van der Waals surface area contributed by atoms with E-state index in [1.165, 1.54) is 0 Å². The number of aliphatic carboxylic acids is 1. The number of benzene rings is 1. The van der Waals surface area contributed by atoms with Crippen molar-refractivity contribution in [3.8, 4) is 5.75 Å². The highest BCUT2D eigenvalue weighted by atomic mass is 16.5. The minimum Gasteiger partial charge on any atom is -0.497 e. The Hall–Kier alpha value is -2.10. The molecule has 0 spiro atoms. The maximum absolute atomic E-state index is 10.7. The second-order valence-electron chi connectivity index (χ2n) is 3.86. The highest BCUT2D eigenvalue weighted by Gasteiger charge is 2.07. The van der Waals surface area contributed by atoms with Gasteiger partial charge >= 0.3 is 5.97 Å². The average Bonchev–Trinajstić information content (AvgIpc) is 2.29. The molecule has 1 N–H and O–H groups in total. The van der Waals surface area contributed by atoms with E-state index in [4.69, 9.17) is 9.84 Å². The zero-order chi connectivity index (χ0) is 12.4. The molecule has 0 fully saturated rings. The lowest BCUT2D eigenvalue weighted by Crippen LogP contribution is -2.03. The van der Waals surface area contributed by atoms with Gasteiger partial charge in [-0.3, -0.25) is 9.78 Å². The molecule has 1 heterocycles. The van der Waals surface area contributed by atoms with Crippen molar-refractivity contribution in [3.63, 3.8) is 0 Å². The van der Waals surface area contributed by atoms with E-state index in [1.807, 2.05) is 31.2 Å². The minimum atomic E-state index is -0.850. The third-order valence-electron chi connectivity index (χ3n) is 2.66. The SMILES string of the molecule is COc1ccc2nc(C)c(CC(=O)O)cc2c1. The lowest BCUT2D eigenvalue weighted by molar-refractivity contribution is -0.136. The fourth-order valence-electron chi connectivity index (χ4n) is 1.76. The molecule has 17 heavy (non-hydrogen) atoms. The minimum absolute atomic E-state index is 0.00795. The van der Waals surface area contributed by atoms with Gasteiger partial charge in [0.25, 0.3) is 0 Å². The Morgan fingerprint density at radius 1 is 1.41 bits per heavy atom. The Balaban J connectivity index is 2.55. The summed E-state index contributed by atoms with van der Waals surface area (Å²) in [7, 11) is 1.60. The van der Waals surface area contributed by atoms with E-state index in [0.717, 1.165) is 27.9 Å². The van der Waals surface area contributed by atoms with Gasteiger partial charge in [-0.25, -0.2) is 0 Å². The van der Waals surface area contributed by atoms with Crippen LogP contribution in [0.2, 0.25) is 0 Å². The standard InChI is InChI=1S/C13H13NO3/c1-8-9(7-13(15)16)5-10-6-11(17-2)3-4-12(10)14-8/h3-6H,7H2,1-2H3,(H,15,16). The van der Waals surface area contributed by atoms with Crippen molar-refractivity contribution in [2.45, 2.75) is 13.3 Å². The van der Waals surface area contributed by atoms with Crippen molar-refractivity contribution in [3.05, 3.63) is 35.5 Å². The number of nitrogens with zero attached hydrogens (tertiary/aromatic N) is 1. The number of fused-ring (bicyclic) bond motifs is 1. The molecule has 0 bridgehead atoms. The molecule has 0 aliphatic carbocycles. The summed E-state index contributed by atoms with van der Waals surface area (Å²) in [6.07, 6.45) is -0.00795. The normalized spacial score (nSPS) is 10.5. The van der Waals surface area contributed by atoms with Crippen molar-refractivity contribution < 1.29 is 14.6 Å². The molecule has 2 aromatic rings. The van der Waals surface area contributed by atoms with Crippen LogP contribution in [0.4, 0.5) is 0 Å². The summed E-state index contributed by atoms with van der Waals surface area (Å²) in [5, 5.41) is 9.71. The van der Waals surface area contributed by atoms with Gasteiger partial charge in [0.05, 0.1) is 19.0 Å². The second-order valence-corrected chi connectivity index (χ2v) is 3.86. The summed E-state index contributed by atoms with van der Waals surface area (Å²) in [4.78, 5) is 15.1. The summed E-state index contributed by atoms with van der Waals surface area (Å²) in [6.45, 7) is 1.82. The molecule has 4 heteroatoms. The van der Waals surface area contributed by atoms with Gasteiger partial charge in [-0.15, -0.1) is 0 Å². The van der Waals surface area contributed by atoms with Crippen LogP contribution in [-0.4, -0.2) is 23.2 Å². The molecule has 0 radical (unpaired) electrons. The van der Waals surface area contributed by atoms with Crippen LogP contribution in [0.5, 0.6) is 5.75 Å². The van der Waals surface area contributed by atoms with Gasteiger partial charge in [0.15, 0.2) is 0 Å². The lowest BCUT2D eigenvalue weighted by Gasteiger charge is -2.07. The first-order chi connectivity index (χ1) is 8.10. The number of pyridine rings is 1. The van der Waals surface area contributed by atoms with Crippen LogP contribution in [0.15, 0.2) is 24.3 Å². The maximum atomic E-state index is 10.7. The third kappa shape index (κ3) is 2.36. The van der Waals surface area contributed by atoms with Gasteiger partial charge in [-0.2, -0.15) is 0 Å². The molecule has 0 saturated heterocycles. The van der Waals surface area contributed by atoms with E-state index >= 15 is 0 Å². The Labute approximate surface area is 98.9 Å². The summed E-state index contributed by atoms with van der Waals surface area (Å²) in [5.74, 6) is -0.110. The zero-order valence-electron chi connectivity index (χ0n) is 9.73. The van der Waals surface area contributed by atoms with E-state index in [2.05, 4.69) is 4.98 Å². The first kappa shape index (κ1) is 11.4. The first-order valence-electron chi connectivity index (χ1n) is 5.26. The van der Waals surface area contributed by atoms with Crippen molar-refractivity contribution in [1.29, 1.82) is 0 Å². The highest BCUT2D eigenvalue weighted by molar-refractivity contribution is 5.82. The number of hydrogen-bond donors (Lipinski definition) is 1. The highest BCUT2D eigenvalue weighted by Crippen LogP contribution is 2.22. The number of aromatic nitrogens is 1. The molecule has 88 valence electrons. The Kier molecular flexibility index (Phi) is 2.95. The monoisotopic (exact) mass is 231 g/mol. The summed E-state index contributed by atoms with van der Waals surface area (Å²) in [6, 6.07) is 7.42. The van der Waals surface area contributed by atoms with E-state index in [0.29, 0.717) is 0 Å². The van der Waals surface area contributed by atoms with Gasteiger partial charge in [0.2, 0.25) is 0 Å². The average molecular weight is 231 g/mol. The maximum Gasteiger partial charge on any atom is 0.307 e. The van der Waals surface area contributed by atoms with Gasteiger partial charge in [-0.05, 0) is 36.8 Å². The Morgan fingerprint density at radius 3 is 2.82 bits per heavy atom. The number of methoxy groups -OCH3 is 1. The molecular weight excluding hydrogens is 218 g/mol. The molecule has 4 nitrogen and oxygen atoms in total. The topological polar surface area (TPSA) is 59.4 Å². The summed E-state index contributed by atoms with van der Waals surface area (Å²) in [5.41, 5.74) is 2.33. The molecule has 0 saturated carbocycles. The van der Waals surface area contributed by atoms with Crippen LogP contribution < -0.4 is 4.74 Å². The fourth-order valence-corrected chi connectivity index (χ4v) is 1.76. The van der Waals surface area contributed by atoms with Crippen molar-refractivity contribution in [2.75, 3.05) is 7.11 Å².